The molecule has 0 radical (unpaired) electrons. The Bertz CT molecular complexity index is 388. The number of carboxylic acids is 1. The Kier molecular flexibility index (Phi) is 4.86. The van der Waals surface area contributed by atoms with Crippen molar-refractivity contribution in [3.63, 3.8) is 0 Å². The molecule has 1 aromatic carbocycles. The Balaban J connectivity index is 2.45. The first kappa shape index (κ1) is 12.0. The fraction of sp³-hybridized carbons (Fsp3) is 0.154. The van der Waals surface area contributed by atoms with Crippen molar-refractivity contribution in [3.05, 3.63) is 54.1 Å². The molecule has 0 aliphatic carbocycles. The van der Waals surface area contributed by atoms with E-state index in [1.807, 2.05) is 30.3 Å². The van der Waals surface area contributed by atoms with Gasteiger partial charge in [-0.1, -0.05) is 30.4 Å². The maximum atomic E-state index is 10.2. The van der Waals surface area contributed by atoms with Crippen molar-refractivity contribution in [1.29, 1.82) is 0 Å². The SMILES string of the molecule is COc1ccc(C/C=C/C=C/C(=O)O)cc1. The first-order chi connectivity index (χ1) is 7.72. The third kappa shape index (κ3) is 4.46. The van der Waals surface area contributed by atoms with Crippen LogP contribution in [0, 0.1) is 0 Å². The van der Waals surface area contributed by atoms with Gasteiger partial charge in [0.2, 0.25) is 0 Å². The fourth-order valence-electron chi connectivity index (χ4n) is 1.18. The molecule has 0 atom stereocenters. The molecule has 0 aromatic heterocycles. The number of carboxylic acid groups (broad SMARTS) is 1. The summed E-state index contributed by atoms with van der Waals surface area (Å²) < 4.78 is 5.04. The Morgan fingerprint density at radius 1 is 1.31 bits per heavy atom. The van der Waals surface area contributed by atoms with Gasteiger partial charge >= 0.3 is 5.97 Å². The number of hydrogen-bond acceptors (Lipinski definition) is 2. The zero-order valence-electron chi connectivity index (χ0n) is 9.09. The average molecular weight is 218 g/mol. The molecule has 0 fully saturated rings. The second kappa shape index (κ2) is 6.45. The highest BCUT2D eigenvalue weighted by Gasteiger charge is 1.91. The molecular formula is C13H14O3. The van der Waals surface area contributed by atoms with Crippen LogP contribution in [0.1, 0.15) is 5.56 Å². The van der Waals surface area contributed by atoms with Crippen molar-refractivity contribution in [2.24, 2.45) is 0 Å². The summed E-state index contributed by atoms with van der Waals surface area (Å²) in [7, 11) is 1.63. The lowest BCUT2D eigenvalue weighted by Gasteiger charge is -2.00. The molecule has 1 aromatic rings. The number of aliphatic carboxylic acids is 1. The van der Waals surface area contributed by atoms with E-state index >= 15 is 0 Å². The van der Waals surface area contributed by atoms with Crippen LogP contribution in [0.4, 0.5) is 0 Å². The van der Waals surface area contributed by atoms with E-state index in [1.165, 1.54) is 6.08 Å². The van der Waals surface area contributed by atoms with E-state index in [0.29, 0.717) is 0 Å². The summed E-state index contributed by atoms with van der Waals surface area (Å²) in [4.78, 5) is 10.2. The standard InChI is InChI=1S/C13H14O3/c1-16-12-9-7-11(8-10-12)5-3-2-4-6-13(14)15/h2-4,6-10H,5H2,1H3,(H,14,15)/b3-2+,6-4+. The minimum Gasteiger partial charge on any atom is -0.497 e. The van der Waals surface area contributed by atoms with Crippen molar-refractivity contribution in [1.82, 2.24) is 0 Å². The van der Waals surface area contributed by atoms with Crippen molar-refractivity contribution >= 4 is 5.97 Å². The number of hydrogen-bond donors (Lipinski definition) is 1. The lowest BCUT2D eigenvalue weighted by Crippen LogP contribution is -1.85. The second-order valence-corrected chi connectivity index (χ2v) is 3.18. The number of methoxy groups -OCH3 is 1. The van der Waals surface area contributed by atoms with Gasteiger partial charge in [0.25, 0.3) is 0 Å². The Morgan fingerprint density at radius 3 is 2.56 bits per heavy atom. The van der Waals surface area contributed by atoms with Gasteiger partial charge < -0.3 is 9.84 Å². The van der Waals surface area contributed by atoms with Gasteiger partial charge in [-0.2, -0.15) is 0 Å². The molecular weight excluding hydrogens is 204 g/mol. The van der Waals surface area contributed by atoms with Gasteiger partial charge in [-0.25, -0.2) is 4.79 Å². The molecule has 1 N–H and O–H groups in total. The maximum Gasteiger partial charge on any atom is 0.328 e. The minimum absolute atomic E-state index is 0.772. The normalized spacial score (nSPS) is 11.1. The van der Waals surface area contributed by atoms with Crippen LogP contribution in [0.15, 0.2) is 48.6 Å². The lowest BCUT2D eigenvalue weighted by molar-refractivity contribution is -0.131. The van der Waals surface area contributed by atoms with Crippen molar-refractivity contribution < 1.29 is 14.6 Å². The average Bonchev–Trinajstić information content (AvgIpc) is 2.29. The molecule has 0 unspecified atom stereocenters. The van der Waals surface area contributed by atoms with Crippen LogP contribution in [0.5, 0.6) is 5.75 Å². The van der Waals surface area contributed by atoms with Gasteiger partial charge in [0.05, 0.1) is 7.11 Å². The second-order valence-electron chi connectivity index (χ2n) is 3.18. The molecule has 3 heteroatoms. The summed E-state index contributed by atoms with van der Waals surface area (Å²) in [5.41, 5.74) is 1.15. The van der Waals surface area contributed by atoms with E-state index in [1.54, 1.807) is 13.2 Å². The number of allylic oxidation sites excluding steroid dienone is 3. The summed E-state index contributed by atoms with van der Waals surface area (Å²) >= 11 is 0. The number of ether oxygens (including phenoxy) is 1. The molecule has 0 aliphatic rings. The molecule has 16 heavy (non-hydrogen) atoms. The van der Waals surface area contributed by atoms with Crippen molar-refractivity contribution in [3.8, 4) is 5.75 Å². The zero-order valence-corrected chi connectivity index (χ0v) is 9.09. The largest absolute Gasteiger partial charge is 0.497 e. The first-order valence-electron chi connectivity index (χ1n) is 4.91. The van der Waals surface area contributed by atoms with Crippen LogP contribution in [0.25, 0.3) is 0 Å². The summed E-state index contributed by atoms with van der Waals surface area (Å²) in [6, 6.07) is 7.75. The Morgan fingerprint density at radius 2 is 2.00 bits per heavy atom. The van der Waals surface area contributed by atoms with Crippen LogP contribution < -0.4 is 4.74 Å². The van der Waals surface area contributed by atoms with Gasteiger partial charge in [-0.15, -0.1) is 0 Å². The van der Waals surface area contributed by atoms with Crippen LogP contribution in [-0.2, 0) is 11.2 Å². The van der Waals surface area contributed by atoms with E-state index in [4.69, 9.17) is 9.84 Å². The van der Waals surface area contributed by atoms with E-state index in [0.717, 1.165) is 23.8 Å². The molecule has 0 saturated heterocycles. The molecule has 1 rings (SSSR count). The highest BCUT2D eigenvalue weighted by Crippen LogP contribution is 2.11. The van der Waals surface area contributed by atoms with Gasteiger partial charge in [-0.05, 0) is 24.1 Å². The quantitative estimate of drug-likeness (QED) is 0.610. The van der Waals surface area contributed by atoms with Gasteiger partial charge in [0.1, 0.15) is 5.75 Å². The molecule has 0 bridgehead atoms. The van der Waals surface area contributed by atoms with Gasteiger partial charge in [0.15, 0.2) is 0 Å². The monoisotopic (exact) mass is 218 g/mol. The maximum absolute atomic E-state index is 10.2. The van der Waals surface area contributed by atoms with Gasteiger partial charge in [0, 0.05) is 6.08 Å². The summed E-state index contributed by atoms with van der Waals surface area (Å²) in [5.74, 6) is -0.104. The van der Waals surface area contributed by atoms with E-state index in [2.05, 4.69) is 0 Å². The lowest BCUT2D eigenvalue weighted by atomic mass is 10.1. The Hall–Kier alpha value is -2.03. The molecule has 3 nitrogen and oxygen atoms in total. The summed E-state index contributed by atoms with van der Waals surface area (Å²) in [5, 5.41) is 8.35. The molecule has 84 valence electrons. The van der Waals surface area contributed by atoms with Crippen LogP contribution in [0.2, 0.25) is 0 Å². The van der Waals surface area contributed by atoms with Crippen LogP contribution in [0.3, 0.4) is 0 Å². The zero-order chi connectivity index (χ0) is 11.8. The predicted octanol–water partition coefficient (Wildman–Crippen LogP) is 2.43. The topological polar surface area (TPSA) is 46.5 Å². The van der Waals surface area contributed by atoms with Crippen molar-refractivity contribution in [2.75, 3.05) is 7.11 Å². The third-order valence-electron chi connectivity index (χ3n) is 2.00. The predicted molar refractivity (Wildman–Crippen MR) is 62.6 cm³/mol. The molecule has 0 saturated carbocycles. The van der Waals surface area contributed by atoms with Crippen LogP contribution in [-0.4, -0.2) is 18.2 Å². The molecule has 0 amide bonds. The molecule has 0 spiro atoms. The smallest absolute Gasteiger partial charge is 0.328 e. The Labute approximate surface area is 94.7 Å². The van der Waals surface area contributed by atoms with Crippen LogP contribution >= 0.6 is 0 Å². The number of rotatable bonds is 5. The van der Waals surface area contributed by atoms with E-state index in [9.17, 15) is 4.79 Å². The fourth-order valence-corrected chi connectivity index (χ4v) is 1.18. The van der Waals surface area contributed by atoms with Gasteiger partial charge in [-0.3, -0.25) is 0 Å². The van der Waals surface area contributed by atoms with E-state index < -0.39 is 5.97 Å². The summed E-state index contributed by atoms with van der Waals surface area (Å²) in [6.45, 7) is 0. The van der Waals surface area contributed by atoms with E-state index in [-0.39, 0.29) is 0 Å². The number of benzene rings is 1. The minimum atomic E-state index is -0.936. The molecule has 0 heterocycles. The first-order valence-corrected chi connectivity index (χ1v) is 4.91. The van der Waals surface area contributed by atoms with Crippen molar-refractivity contribution in [2.45, 2.75) is 6.42 Å². The highest BCUT2D eigenvalue weighted by atomic mass is 16.5. The number of carbonyl (C=O) groups is 1. The highest BCUT2D eigenvalue weighted by molar-refractivity contribution is 5.80. The third-order valence-corrected chi connectivity index (χ3v) is 2.00. The molecule has 0 aliphatic heterocycles. The summed E-state index contributed by atoms with van der Waals surface area (Å²) in [6.07, 6.45) is 7.00.